The standard InChI is InChI=1S/C22H22N4O/c1-25(16-17-8-3-2-4-9-17)21-15-23-19(14-24-21)22(27)26-13-7-11-18-10-5-6-12-20(18)26/h2-6,8-10,12,14-15H,7,11,13,16H2,1H3. The number of carbonyl (C=O) groups excluding carboxylic acids is 1. The Kier molecular flexibility index (Phi) is 4.83. The van der Waals surface area contributed by atoms with Crippen molar-refractivity contribution < 1.29 is 4.79 Å². The Morgan fingerprint density at radius 2 is 1.81 bits per heavy atom. The first-order valence-corrected chi connectivity index (χ1v) is 9.19. The molecule has 0 unspecified atom stereocenters. The zero-order valence-electron chi connectivity index (χ0n) is 15.4. The van der Waals surface area contributed by atoms with E-state index in [1.54, 1.807) is 12.4 Å². The summed E-state index contributed by atoms with van der Waals surface area (Å²) in [6.45, 7) is 1.45. The molecule has 2 aromatic carbocycles. The minimum Gasteiger partial charge on any atom is -0.354 e. The molecule has 1 amide bonds. The number of aromatic nitrogens is 2. The molecule has 0 bridgehead atoms. The molecule has 136 valence electrons. The van der Waals surface area contributed by atoms with Gasteiger partial charge in [0.15, 0.2) is 0 Å². The average molecular weight is 358 g/mol. The quantitative estimate of drug-likeness (QED) is 0.713. The van der Waals surface area contributed by atoms with Gasteiger partial charge in [-0.25, -0.2) is 9.97 Å². The SMILES string of the molecule is CN(Cc1ccccc1)c1cnc(C(=O)N2CCCc3ccccc32)cn1. The molecule has 4 rings (SSSR count). The monoisotopic (exact) mass is 358 g/mol. The molecule has 2 heterocycles. The lowest BCUT2D eigenvalue weighted by Crippen LogP contribution is -2.36. The lowest BCUT2D eigenvalue weighted by molar-refractivity contribution is 0.0980. The van der Waals surface area contributed by atoms with Gasteiger partial charge in [-0.15, -0.1) is 0 Å². The minimum absolute atomic E-state index is 0.0908. The van der Waals surface area contributed by atoms with Crippen molar-refractivity contribution in [1.82, 2.24) is 9.97 Å². The number of carbonyl (C=O) groups is 1. The molecule has 1 aliphatic heterocycles. The number of hydrogen-bond acceptors (Lipinski definition) is 4. The summed E-state index contributed by atoms with van der Waals surface area (Å²) in [7, 11) is 1.97. The number of anilines is 2. The molecule has 1 aliphatic rings. The molecule has 3 aromatic rings. The van der Waals surface area contributed by atoms with Crippen LogP contribution in [0.3, 0.4) is 0 Å². The van der Waals surface area contributed by atoms with Crippen molar-refractivity contribution in [3.05, 3.63) is 83.8 Å². The molecular weight excluding hydrogens is 336 g/mol. The van der Waals surface area contributed by atoms with E-state index in [2.05, 4.69) is 28.2 Å². The molecular formula is C22H22N4O. The summed E-state index contributed by atoms with van der Waals surface area (Å²) in [6, 6.07) is 18.3. The number of amides is 1. The summed E-state index contributed by atoms with van der Waals surface area (Å²) < 4.78 is 0. The van der Waals surface area contributed by atoms with Gasteiger partial charge in [-0.3, -0.25) is 4.79 Å². The van der Waals surface area contributed by atoms with Crippen molar-refractivity contribution in [2.75, 3.05) is 23.4 Å². The summed E-state index contributed by atoms with van der Waals surface area (Å²) in [5.74, 6) is 0.654. The maximum atomic E-state index is 12.9. The fourth-order valence-corrected chi connectivity index (χ4v) is 3.45. The van der Waals surface area contributed by atoms with Gasteiger partial charge in [0.2, 0.25) is 0 Å². The van der Waals surface area contributed by atoms with Gasteiger partial charge >= 0.3 is 0 Å². The second kappa shape index (κ2) is 7.58. The van der Waals surface area contributed by atoms with E-state index in [0.29, 0.717) is 12.2 Å². The third-order valence-corrected chi connectivity index (χ3v) is 4.87. The molecule has 0 N–H and O–H groups in total. The number of para-hydroxylation sites is 1. The normalized spacial score (nSPS) is 13.1. The molecule has 0 saturated carbocycles. The Hall–Kier alpha value is -3.21. The highest BCUT2D eigenvalue weighted by Gasteiger charge is 2.24. The van der Waals surface area contributed by atoms with E-state index in [1.165, 1.54) is 11.1 Å². The van der Waals surface area contributed by atoms with Crippen LogP contribution in [0.15, 0.2) is 67.0 Å². The van der Waals surface area contributed by atoms with E-state index in [4.69, 9.17) is 0 Å². The maximum absolute atomic E-state index is 12.9. The summed E-state index contributed by atoms with van der Waals surface area (Å²) in [4.78, 5) is 25.6. The third kappa shape index (κ3) is 3.67. The van der Waals surface area contributed by atoms with E-state index in [0.717, 1.165) is 30.9 Å². The predicted molar refractivity (Wildman–Crippen MR) is 107 cm³/mol. The lowest BCUT2D eigenvalue weighted by atomic mass is 10.0. The van der Waals surface area contributed by atoms with Gasteiger partial charge in [0.1, 0.15) is 11.5 Å². The maximum Gasteiger partial charge on any atom is 0.278 e. The van der Waals surface area contributed by atoms with Gasteiger partial charge < -0.3 is 9.80 Å². The Labute approximate surface area is 159 Å². The van der Waals surface area contributed by atoms with Crippen LogP contribution in [0.25, 0.3) is 0 Å². The van der Waals surface area contributed by atoms with Crippen LogP contribution >= 0.6 is 0 Å². The van der Waals surface area contributed by atoms with Gasteiger partial charge in [0.25, 0.3) is 5.91 Å². The average Bonchev–Trinajstić information content (AvgIpc) is 2.73. The number of aryl methyl sites for hydroxylation is 1. The van der Waals surface area contributed by atoms with Crippen LogP contribution in [-0.2, 0) is 13.0 Å². The number of hydrogen-bond donors (Lipinski definition) is 0. The molecule has 0 saturated heterocycles. The number of fused-ring (bicyclic) bond motifs is 1. The molecule has 0 atom stereocenters. The van der Waals surface area contributed by atoms with E-state index in [1.807, 2.05) is 53.2 Å². The topological polar surface area (TPSA) is 49.3 Å². The fraction of sp³-hybridized carbons (Fsp3) is 0.227. The number of nitrogens with zero attached hydrogens (tertiary/aromatic N) is 4. The van der Waals surface area contributed by atoms with Crippen molar-refractivity contribution >= 4 is 17.4 Å². The third-order valence-electron chi connectivity index (χ3n) is 4.87. The van der Waals surface area contributed by atoms with E-state index < -0.39 is 0 Å². The largest absolute Gasteiger partial charge is 0.354 e. The van der Waals surface area contributed by atoms with Crippen LogP contribution in [0.4, 0.5) is 11.5 Å². The van der Waals surface area contributed by atoms with Crippen molar-refractivity contribution in [3.8, 4) is 0 Å². The summed E-state index contributed by atoms with van der Waals surface area (Å²) >= 11 is 0. The Morgan fingerprint density at radius 1 is 1.04 bits per heavy atom. The highest BCUT2D eigenvalue weighted by molar-refractivity contribution is 6.05. The van der Waals surface area contributed by atoms with Crippen LogP contribution in [0.5, 0.6) is 0 Å². The molecule has 0 fully saturated rings. The van der Waals surface area contributed by atoms with Crippen molar-refractivity contribution in [3.63, 3.8) is 0 Å². The first-order chi connectivity index (χ1) is 13.2. The van der Waals surface area contributed by atoms with Crippen LogP contribution < -0.4 is 9.80 Å². The fourth-order valence-electron chi connectivity index (χ4n) is 3.45. The van der Waals surface area contributed by atoms with E-state index in [-0.39, 0.29) is 5.91 Å². The van der Waals surface area contributed by atoms with Crippen LogP contribution in [-0.4, -0.2) is 29.5 Å². The van der Waals surface area contributed by atoms with E-state index >= 15 is 0 Å². The smallest absolute Gasteiger partial charge is 0.278 e. The summed E-state index contributed by atoms with van der Waals surface area (Å²) in [6.07, 6.45) is 5.23. The van der Waals surface area contributed by atoms with Gasteiger partial charge in [-0.1, -0.05) is 48.5 Å². The zero-order valence-corrected chi connectivity index (χ0v) is 15.4. The van der Waals surface area contributed by atoms with Crippen molar-refractivity contribution in [2.24, 2.45) is 0 Å². The van der Waals surface area contributed by atoms with Gasteiger partial charge in [-0.05, 0) is 30.0 Å². The summed E-state index contributed by atoms with van der Waals surface area (Å²) in [5, 5.41) is 0. The highest BCUT2D eigenvalue weighted by Crippen LogP contribution is 2.27. The van der Waals surface area contributed by atoms with Gasteiger partial charge in [-0.2, -0.15) is 0 Å². The molecule has 0 aliphatic carbocycles. The van der Waals surface area contributed by atoms with Crippen LogP contribution in [0, 0.1) is 0 Å². The minimum atomic E-state index is -0.0908. The number of rotatable bonds is 4. The first kappa shape index (κ1) is 17.2. The molecule has 0 radical (unpaired) electrons. The Morgan fingerprint density at radius 3 is 2.59 bits per heavy atom. The molecule has 0 spiro atoms. The first-order valence-electron chi connectivity index (χ1n) is 9.19. The molecule has 5 heteroatoms. The van der Waals surface area contributed by atoms with E-state index in [9.17, 15) is 4.79 Å². The lowest BCUT2D eigenvalue weighted by Gasteiger charge is -2.29. The molecule has 27 heavy (non-hydrogen) atoms. The zero-order chi connectivity index (χ0) is 18.6. The number of benzene rings is 2. The van der Waals surface area contributed by atoms with Crippen molar-refractivity contribution in [1.29, 1.82) is 0 Å². The van der Waals surface area contributed by atoms with Crippen LogP contribution in [0.1, 0.15) is 28.0 Å². The van der Waals surface area contributed by atoms with Crippen LogP contribution in [0.2, 0.25) is 0 Å². The highest BCUT2D eigenvalue weighted by atomic mass is 16.2. The molecule has 1 aromatic heterocycles. The summed E-state index contributed by atoms with van der Waals surface area (Å²) in [5.41, 5.74) is 3.78. The van der Waals surface area contributed by atoms with Crippen molar-refractivity contribution in [2.45, 2.75) is 19.4 Å². The Balaban J connectivity index is 1.50. The predicted octanol–water partition coefficient (Wildman–Crippen LogP) is 3.71. The second-order valence-electron chi connectivity index (χ2n) is 6.79. The molecule has 5 nitrogen and oxygen atoms in total. The Bertz CT molecular complexity index is 925. The second-order valence-corrected chi connectivity index (χ2v) is 6.79. The van der Waals surface area contributed by atoms with Gasteiger partial charge in [0, 0.05) is 25.8 Å². The van der Waals surface area contributed by atoms with Gasteiger partial charge in [0.05, 0.1) is 12.4 Å².